The molecule has 0 amide bonds. The van der Waals surface area contributed by atoms with Crippen molar-refractivity contribution < 1.29 is 24.9 Å². The molecule has 21 heavy (non-hydrogen) atoms. The third kappa shape index (κ3) is 2.91. The van der Waals surface area contributed by atoms with Crippen LogP contribution in [0.1, 0.15) is 28.8 Å². The molecule has 0 aromatic heterocycles. The molecule has 0 heterocycles. The zero-order valence-corrected chi connectivity index (χ0v) is 11.7. The fourth-order valence-electron chi connectivity index (χ4n) is 2.09. The van der Waals surface area contributed by atoms with E-state index >= 15 is 0 Å². The largest absolute Gasteiger partial charge is 0.508 e. The molecule has 0 saturated heterocycles. The number of ketones is 1. The smallest absolute Gasteiger partial charge is 0.173 e. The highest BCUT2D eigenvalue weighted by atomic mass is 16.5. The van der Waals surface area contributed by atoms with Gasteiger partial charge in [-0.1, -0.05) is 13.0 Å². The number of carbonyl (C=O) groups is 1. The first-order valence-electron chi connectivity index (χ1n) is 6.37. The first-order valence-corrected chi connectivity index (χ1v) is 6.37. The Hall–Kier alpha value is -2.69. The number of ether oxygens (including phenoxy) is 1. The Labute approximate surface area is 122 Å². The van der Waals surface area contributed by atoms with Crippen molar-refractivity contribution >= 4 is 5.78 Å². The highest BCUT2D eigenvalue weighted by Gasteiger charge is 2.21. The number of carbonyl (C=O) groups excluding carboxylic acids is 1. The summed E-state index contributed by atoms with van der Waals surface area (Å²) in [6.07, 6.45) is 0. The van der Waals surface area contributed by atoms with Crippen molar-refractivity contribution in [3.8, 4) is 23.0 Å². The minimum absolute atomic E-state index is 0.0513. The molecule has 2 aromatic rings. The first-order chi connectivity index (χ1) is 9.93. The predicted octanol–water partition coefficient (Wildman–Crippen LogP) is 2.80. The van der Waals surface area contributed by atoms with Crippen molar-refractivity contribution in [2.45, 2.75) is 12.8 Å². The SMILES string of the molecule is COc1ccc(C(C)C(=O)c2ccc(O)cc2O)cc1O. The van der Waals surface area contributed by atoms with E-state index in [1.54, 1.807) is 19.1 Å². The lowest BCUT2D eigenvalue weighted by atomic mass is 9.91. The van der Waals surface area contributed by atoms with Gasteiger partial charge >= 0.3 is 0 Å². The molecule has 0 radical (unpaired) electrons. The number of benzene rings is 2. The molecule has 5 heteroatoms. The van der Waals surface area contributed by atoms with Crippen LogP contribution in [0.15, 0.2) is 36.4 Å². The van der Waals surface area contributed by atoms with Crippen molar-refractivity contribution in [1.29, 1.82) is 0 Å². The summed E-state index contributed by atoms with van der Waals surface area (Å²) in [5.41, 5.74) is 0.724. The molecule has 0 aliphatic carbocycles. The zero-order valence-electron chi connectivity index (χ0n) is 11.7. The standard InChI is InChI=1S/C16H16O5/c1-9(10-3-6-15(21-2)14(19)7-10)16(20)12-5-4-11(17)8-13(12)18/h3-9,17-19H,1-2H3. The number of methoxy groups -OCH3 is 1. The number of hydrogen-bond acceptors (Lipinski definition) is 5. The van der Waals surface area contributed by atoms with Gasteiger partial charge in [-0.25, -0.2) is 0 Å². The number of hydrogen-bond donors (Lipinski definition) is 3. The maximum Gasteiger partial charge on any atom is 0.173 e. The Balaban J connectivity index is 2.32. The number of aromatic hydroxyl groups is 3. The molecule has 0 aliphatic rings. The van der Waals surface area contributed by atoms with Gasteiger partial charge in [0, 0.05) is 12.0 Å². The molecular weight excluding hydrogens is 272 g/mol. The van der Waals surface area contributed by atoms with Gasteiger partial charge in [0.15, 0.2) is 17.3 Å². The number of phenolic OH excluding ortho intramolecular Hbond substituents is 3. The van der Waals surface area contributed by atoms with Crippen LogP contribution in [0.3, 0.4) is 0 Å². The lowest BCUT2D eigenvalue weighted by Crippen LogP contribution is -2.10. The number of rotatable bonds is 4. The molecule has 1 atom stereocenters. The van der Waals surface area contributed by atoms with Crippen LogP contribution >= 0.6 is 0 Å². The number of phenols is 3. The summed E-state index contributed by atoms with van der Waals surface area (Å²) >= 11 is 0. The predicted molar refractivity (Wildman–Crippen MR) is 77.2 cm³/mol. The van der Waals surface area contributed by atoms with Crippen LogP contribution in [0.2, 0.25) is 0 Å². The van der Waals surface area contributed by atoms with Crippen molar-refractivity contribution in [2.75, 3.05) is 7.11 Å². The second-order valence-electron chi connectivity index (χ2n) is 4.72. The van der Waals surface area contributed by atoms with E-state index in [4.69, 9.17) is 4.74 Å². The molecule has 5 nitrogen and oxygen atoms in total. The highest BCUT2D eigenvalue weighted by Crippen LogP contribution is 2.32. The Morgan fingerprint density at radius 3 is 2.33 bits per heavy atom. The molecule has 1 unspecified atom stereocenters. The van der Waals surface area contributed by atoms with Crippen LogP contribution in [0.4, 0.5) is 0 Å². The normalized spacial score (nSPS) is 11.9. The third-order valence-corrected chi connectivity index (χ3v) is 3.34. The monoisotopic (exact) mass is 288 g/mol. The summed E-state index contributed by atoms with van der Waals surface area (Å²) < 4.78 is 4.95. The van der Waals surface area contributed by atoms with E-state index in [1.165, 1.54) is 25.3 Å². The summed E-state index contributed by atoms with van der Waals surface area (Å²) in [6.45, 7) is 1.68. The van der Waals surface area contributed by atoms with Gasteiger partial charge in [-0.2, -0.15) is 0 Å². The molecule has 0 saturated carbocycles. The third-order valence-electron chi connectivity index (χ3n) is 3.34. The quantitative estimate of drug-likeness (QED) is 0.753. The van der Waals surface area contributed by atoms with Crippen LogP contribution < -0.4 is 4.74 Å². The van der Waals surface area contributed by atoms with Crippen LogP contribution in [0.5, 0.6) is 23.0 Å². The summed E-state index contributed by atoms with van der Waals surface area (Å²) in [6, 6.07) is 8.53. The molecular formula is C16H16O5. The molecule has 110 valence electrons. The average Bonchev–Trinajstić information content (AvgIpc) is 2.45. The minimum Gasteiger partial charge on any atom is -0.508 e. The summed E-state index contributed by atoms with van der Waals surface area (Å²) in [5, 5.41) is 28.8. The molecule has 0 fully saturated rings. The topological polar surface area (TPSA) is 87.0 Å². The van der Waals surface area contributed by atoms with E-state index in [-0.39, 0.29) is 28.6 Å². The van der Waals surface area contributed by atoms with E-state index in [9.17, 15) is 20.1 Å². The molecule has 0 spiro atoms. The van der Waals surface area contributed by atoms with Gasteiger partial charge in [-0.3, -0.25) is 4.79 Å². The maximum absolute atomic E-state index is 12.4. The fraction of sp³-hybridized carbons (Fsp3) is 0.188. The first kappa shape index (κ1) is 14.7. The lowest BCUT2D eigenvalue weighted by molar-refractivity contribution is 0.0963. The van der Waals surface area contributed by atoms with Crippen molar-refractivity contribution in [1.82, 2.24) is 0 Å². The van der Waals surface area contributed by atoms with Crippen molar-refractivity contribution in [2.24, 2.45) is 0 Å². The maximum atomic E-state index is 12.4. The Morgan fingerprint density at radius 2 is 1.76 bits per heavy atom. The van der Waals surface area contributed by atoms with Gasteiger partial charge in [0.1, 0.15) is 11.5 Å². The second kappa shape index (κ2) is 5.75. The fourth-order valence-corrected chi connectivity index (χ4v) is 2.09. The minimum atomic E-state index is -0.558. The van der Waals surface area contributed by atoms with E-state index in [1.807, 2.05) is 0 Å². The summed E-state index contributed by atoms with van der Waals surface area (Å²) in [7, 11) is 1.44. The van der Waals surface area contributed by atoms with E-state index in [2.05, 4.69) is 0 Å². The van der Waals surface area contributed by atoms with Gasteiger partial charge in [-0.15, -0.1) is 0 Å². The molecule has 0 bridgehead atoms. The van der Waals surface area contributed by atoms with Gasteiger partial charge in [0.05, 0.1) is 12.7 Å². The van der Waals surface area contributed by atoms with Crippen LogP contribution in [0.25, 0.3) is 0 Å². The average molecular weight is 288 g/mol. The molecule has 0 aliphatic heterocycles. The van der Waals surface area contributed by atoms with Crippen molar-refractivity contribution in [3.05, 3.63) is 47.5 Å². The van der Waals surface area contributed by atoms with Crippen LogP contribution in [-0.4, -0.2) is 28.2 Å². The lowest BCUT2D eigenvalue weighted by Gasteiger charge is -2.13. The Kier molecular flexibility index (Phi) is 4.03. The van der Waals surface area contributed by atoms with Gasteiger partial charge in [0.2, 0.25) is 0 Å². The number of Topliss-reactive ketones (excluding diaryl/α,β-unsaturated/α-hetero) is 1. The Morgan fingerprint density at radius 1 is 1.05 bits per heavy atom. The van der Waals surface area contributed by atoms with E-state index < -0.39 is 5.92 Å². The van der Waals surface area contributed by atoms with Crippen LogP contribution in [0, 0.1) is 0 Å². The highest BCUT2D eigenvalue weighted by molar-refractivity contribution is 6.03. The molecule has 2 rings (SSSR count). The zero-order chi connectivity index (χ0) is 15.6. The van der Waals surface area contributed by atoms with Gasteiger partial charge < -0.3 is 20.1 Å². The van der Waals surface area contributed by atoms with Gasteiger partial charge in [-0.05, 0) is 29.8 Å². The van der Waals surface area contributed by atoms with Crippen LogP contribution in [-0.2, 0) is 0 Å². The van der Waals surface area contributed by atoms with Crippen molar-refractivity contribution in [3.63, 3.8) is 0 Å². The Bertz CT molecular complexity index is 678. The summed E-state index contributed by atoms with van der Waals surface area (Å²) in [4.78, 5) is 12.4. The van der Waals surface area contributed by atoms with E-state index in [0.717, 1.165) is 6.07 Å². The van der Waals surface area contributed by atoms with Gasteiger partial charge in [0.25, 0.3) is 0 Å². The molecule has 2 aromatic carbocycles. The summed E-state index contributed by atoms with van der Waals surface area (Å²) in [5.74, 6) is -0.979. The van der Waals surface area contributed by atoms with E-state index in [0.29, 0.717) is 11.3 Å². The second-order valence-corrected chi connectivity index (χ2v) is 4.72. The molecule has 3 N–H and O–H groups in total.